The minimum atomic E-state index is 0.517. The van der Waals surface area contributed by atoms with Crippen molar-refractivity contribution in [2.24, 2.45) is 9.98 Å². The van der Waals surface area contributed by atoms with Gasteiger partial charge in [0.25, 0.3) is 0 Å². The number of hydrogen-bond donors (Lipinski definition) is 0. The summed E-state index contributed by atoms with van der Waals surface area (Å²) in [7, 11) is 0. The molecule has 0 radical (unpaired) electrons. The van der Waals surface area contributed by atoms with E-state index in [2.05, 4.69) is 9.98 Å². The van der Waals surface area contributed by atoms with Crippen molar-refractivity contribution < 1.29 is 18.9 Å². The maximum Gasteiger partial charge on any atom is 0.138 e. The van der Waals surface area contributed by atoms with Gasteiger partial charge in [0, 0.05) is 25.5 Å². The molecule has 164 valence electrons. The number of nitrogens with zero attached hydrogens (tertiary/aromatic N) is 2. The molecule has 0 aliphatic carbocycles. The van der Waals surface area contributed by atoms with Crippen molar-refractivity contribution >= 4 is 35.1 Å². The Morgan fingerprint density at radius 2 is 1.07 bits per heavy atom. The normalized spacial score (nSPS) is 18.4. The molecular formula is C22H30N2O4S2. The second kappa shape index (κ2) is 14.3. The average Bonchev–Trinajstić information content (AvgIpc) is 3.39. The fourth-order valence-electron chi connectivity index (χ4n) is 2.84. The van der Waals surface area contributed by atoms with E-state index < -0.39 is 0 Å². The highest BCUT2D eigenvalue weighted by Gasteiger charge is 2.04. The molecule has 0 saturated heterocycles. The second-order valence-electron chi connectivity index (χ2n) is 6.70. The highest BCUT2D eigenvalue weighted by atomic mass is 32.1. The summed E-state index contributed by atoms with van der Waals surface area (Å²) >= 11 is 3.29. The van der Waals surface area contributed by atoms with Gasteiger partial charge in [0.2, 0.25) is 0 Å². The Kier molecular flexibility index (Phi) is 10.9. The Bertz CT molecular complexity index is 709. The van der Waals surface area contributed by atoms with Gasteiger partial charge < -0.3 is 18.9 Å². The standard InChI is InChI=1S/C22H30N2O4S2/c1-2-4-8-24-18-22-20(6-16-30-22)28-14-12-26-10-9-25-11-13-27-19-5-15-29-21(19)17-23-7-3-1/h5-6,15-18H,1-4,7-14H2. The van der Waals surface area contributed by atoms with E-state index in [0.29, 0.717) is 39.6 Å². The monoisotopic (exact) mass is 450 g/mol. The zero-order valence-electron chi connectivity index (χ0n) is 17.3. The molecular weight excluding hydrogens is 420 g/mol. The third-order valence-corrected chi connectivity index (χ3v) is 6.06. The van der Waals surface area contributed by atoms with Crippen LogP contribution < -0.4 is 9.47 Å². The molecule has 0 fully saturated rings. The van der Waals surface area contributed by atoms with Gasteiger partial charge in [-0.25, -0.2) is 0 Å². The van der Waals surface area contributed by atoms with E-state index in [1.165, 1.54) is 12.8 Å². The first-order valence-corrected chi connectivity index (χ1v) is 12.2. The number of ether oxygens (including phenoxy) is 4. The van der Waals surface area contributed by atoms with E-state index in [9.17, 15) is 0 Å². The van der Waals surface area contributed by atoms with Crippen LogP contribution in [-0.2, 0) is 9.47 Å². The van der Waals surface area contributed by atoms with Gasteiger partial charge in [-0.05, 0) is 35.7 Å². The number of rotatable bonds is 0. The van der Waals surface area contributed by atoms with Crippen molar-refractivity contribution in [1.29, 1.82) is 0 Å². The molecule has 0 atom stereocenters. The van der Waals surface area contributed by atoms with E-state index >= 15 is 0 Å². The number of hydrogen-bond acceptors (Lipinski definition) is 8. The Morgan fingerprint density at radius 1 is 0.600 bits per heavy atom. The van der Waals surface area contributed by atoms with Crippen molar-refractivity contribution in [3.05, 3.63) is 32.6 Å². The molecule has 0 N–H and O–H groups in total. The zero-order valence-corrected chi connectivity index (χ0v) is 18.9. The van der Waals surface area contributed by atoms with E-state index in [1.807, 2.05) is 35.3 Å². The Labute approximate surface area is 186 Å². The maximum atomic E-state index is 5.81. The van der Waals surface area contributed by atoms with Gasteiger partial charge in [-0.15, -0.1) is 22.7 Å². The minimum absolute atomic E-state index is 0.517. The molecule has 1 aliphatic heterocycles. The van der Waals surface area contributed by atoms with Crippen molar-refractivity contribution in [1.82, 2.24) is 0 Å². The lowest BCUT2D eigenvalue weighted by Gasteiger charge is -2.08. The first-order chi connectivity index (χ1) is 14.9. The van der Waals surface area contributed by atoms with Crippen LogP contribution >= 0.6 is 22.7 Å². The fraction of sp³-hybridized carbons (Fsp3) is 0.545. The van der Waals surface area contributed by atoms with Gasteiger partial charge in [0.05, 0.1) is 36.2 Å². The van der Waals surface area contributed by atoms with Crippen molar-refractivity contribution in [2.75, 3.05) is 52.7 Å². The van der Waals surface area contributed by atoms with Crippen LogP contribution in [0.4, 0.5) is 0 Å². The molecule has 0 bridgehead atoms. The van der Waals surface area contributed by atoms with Gasteiger partial charge in [-0.3, -0.25) is 9.98 Å². The van der Waals surface area contributed by atoms with E-state index in [-0.39, 0.29) is 0 Å². The summed E-state index contributed by atoms with van der Waals surface area (Å²) in [5.74, 6) is 1.75. The Morgan fingerprint density at radius 3 is 1.57 bits per heavy atom. The smallest absolute Gasteiger partial charge is 0.138 e. The molecule has 0 amide bonds. The number of thiophene rings is 2. The van der Waals surface area contributed by atoms with E-state index in [4.69, 9.17) is 18.9 Å². The van der Waals surface area contributed by atoms with Crippen molar-refractivity contribution in [3.63, 3.8) is 0 Å². The molecule has 6 nitrogen and oxygen atoms in total. The molecule has 0 aromatic carbocycles. The summed E-state index contributed by atoms with van der Waals surface area (Å²) in [4.78, 5) is 11.2. The zero-order chi connectivity index (χ0) is 20.7. The first-order valence-electron chi connectivity index (χ1n) is 10.5. The number of fused-ring (bicyclic) bond motifs is 2. The third-order valence-electron chi connectivity index (χ3n) is 4.40. The summed E-state index contributed by atoms with van der Waals surface area (Å²) in [5, 5.41) is 4.05. The quantitative estimate of drug-likeness (QED) is 0.583. The van der Waals surface area contributed by atoms with Crippen LogP contribution in [-0.4, -0.2) is 65.2 Å². The maximum absolute atomic E-state index is 5.81. The summed E-state index contributed by atoms with van der Waals surface area (Å²) in [6, 6.07) is 3.97. The molecule has 2 aromatic heterocycles. The van der Waals surface area contributed by atoms with Crippen LogP contribution in [0.5, 0.6) is 11.5 Å². The van der Waals surface area contributed by atoms with Crippen LogP contribution in [0.1, 0.15) is 35.4 Å². The molecule has 8 heteroatoms. The molecule has 0 spiro atoms. The molecule has 30 heavy (non-hydrogen) atoms. The molecule has 3 rings (SSSR count). The van der Waals surface area contributed by atoms with Gasteiger partial charge >= 0.3 is 0 Å². The highest BCUT2D eigenvalue weighted by Crippen LogP contribution is 2.23. The summed E-state index contributed by atoms with van der Waals surface area (Å²) in [6.45, 7) is 4.87. The lowest BCUT2D eigenvalue weighted by molar-refractivity contribution is 0.0274. The average molecular weight is 451 g/mol. The van der Waals surface area contributed by atoms with E-state index in [1.54, 1.807) is 22.7 Å². The summed E-state index contributed by atoms with van der Waals surface area (Å²) in [5.41, 5.74) is 0. The molecule has 3 heterocycles. The predicted octanol–water partition coefficient (Wildman–Crippen LogP) is 4.71. The van der Waals surface area contributed by atoms with Gasteiger partial charge in [0.15, 0.2) is 0 Å². The number of aliphatic imine (C=N–C) groups is 2. The summed E-state index contributed by atoms with van der Waals surface area (Å²) < 4.78 is 22.8. The lowest BCUT2D eigenvalue weighted by atomic mass is 10.2. The Balaban J connectivity index is 1.46. The van der Waals surface area contributed by atoms with Crippen LogP contribution in [0.2, 0.25) is 0 Å². The molecule has 0 saturated carbocycles. The Hall–Kier alpha value is -1.74. The molecule has 0 unspecified atom stereocenters. The van der Waals surface area contributed by atoms with Gasteiger partial charge in [-0.1, -0.05) is 12.8 Å². The van der Waals surface area contributed by atoms with Crippen LogP contribution in [0.25, 0.3) is 0 Å². The van der Waals surface area contributed by atoms with Gasteiger partial charge in [-0.2, -0.15) is 0 Å². The predicted molar refractivity (Wildman–Crippen MR) is 125 cm³/mol. The van der Waals surface area contributed by atoms with Crippen LogP contribution in [0.15, 0.2) is 32.9 Å². The summed E-state index contributed by atoms with van der Waals surface area (Å²) in [6.07, 6.45) is 8.40. The lowest BCUT2D eigenvalue weighted by Crippen LogP contribution is -2.13. The second-order valence-corrected chi connectivity index (χ2v) is 8.60. The molecule has 1 aliphatic rings. The van der Waals surface area contributed by atoms with Crippen LogP contribution in [0, 0.1) is 0 Å². The van der Waals surface area contributed by atoms with Crippen molar-refractivity contribution in [3.8, 4) is 11.5 Å². The van der Waals surface area contributed by atoms with Gasteiger partial charge in [0.1, 0.15) is 24.7 Å². The van der Waals surface area contributed by atoms with E-state index in [0.717, 1.165) is 47.2 Å². The minimum Gasteiger partial charge on any atom is -0.490 e. The SMILES string of the molecule is C1=NCCCCCCN=Cc2sccc2OCCOCCOCCOc2ccsc21. The largest absolute Gasteiger partial charge is 0.490 e. The molecule has 2 aromatic rings. The highest BCUT2D eigenvalue weighted by molar-refractivity contribution is 7.12. The topological polar surface area (TPSA) is 61.6 Å². The van der Waals surface area contributed by atoms with Crippen molar-refractivity contribution in [2.45, 2.75) is 25.7 Å². The first kappa shape index (κ1) is 22.9. The third kappa shape index (κ3) is 8.55. The fourth-order valence-corrected chi connectivity index (χ4v) is 4.28. The van der Waals surface area contributed by atoms with Crippen LogP contribution in [0.3, 0.4) is 0 Å².